The number of ether oxygens (including phenoxy) is 1. The maximum Gasteiger partial charge on any atom is 0.315 e. The van der Waals surface area contributed by atoms with Gasteiger partial charge in [0.2, 0.25) is 0 Å². The van der Waals surface area contributed by atoms with E-state index in [4.69, 9.17) is 4.74 Å². The van der Waals surface area contributed by atoms with Crippen LogP contribution in [0.3, 0.4) is 0 Å². The van der Waals surface area contributed by atoms with Crippen LogP contribution in [0.4, 0.5) is 4.79 Å². The number of rotatable bonds is 8. The van der Waals surface area contributed by atoms with Gasteiger partial charge in [0.15, 0.2) is 0 Å². The first-order valence-corrected chi connectivity index (χ1v) is 8.03. The Balaban J connectivity index is 1.72. The third kappa shape index (κ3) is 5.93. The molecule has 0 heterocycles. The lowest BCUT2D eigenvalue weighted by atomic mass is 10.1. The molecule has 5 nitrogen and oxygen atoms in total. The summed E-state index contributed by atoms with van der Waals surface area (Å²) < 4.78 is 5.11. The second-order valence-corrected chi connectivity index (χ2v) is 5.57. The van der Waals surface area contributed by atoms with Gasteiger partial charge in [0.1, 0.15) is 5.75 Å². The average molecular weight is 328 g/mol. The van der Waals surface area contributed by atoms with Crippen molar-refractivity contribution >= 4 is 6.03 Å². The number of benzene rings is 2. The minimum absolute atomic E-state index is 0.0964. The van der Waals surface area contributed by atoms with Crippen LogP contribution in [-0.4, -0.2) is 37.4 Å². The largest absolute Gasteiger partial charge is 0.497 e. The molecule has 2 amide bonds. The fourth-order valence-electron chi connectivity index (χ4n) is 2.41. The third-order valence-corrected chi connectivity index (χ3v) is 3.74. The van der Waals surface area contributed by atoms with Gasteiger partial charge in [0.25, 0.3) is 0 Å². The molecule has 0 fully saturated rings. The Labute approximate surface area is 142 Å². The normalized spacial score (nSPS) is 11.6. The zero-order valence-corrected chi connectivity index (χ0v) is 13.9. The van der Waals surface area contributed by atoms with Crippen LogP contribution >= 0.6 is 0 Å². The number of urea groups is 1. The first kappa shape index (κ1) is 17.8. The highest BCUT2D eigenvalue weighted by molar-refractivity contribution is 5.74. The molecule has 0 aliphatic rings. The monoisotopic (exact) mass is 328 g/mol. The first-order chi connectivity index (χ1) is 11.7. The molecule has 0 radical (unpaired) electrons. The van der Waals surface area contributed by atoms with Crippen molar-refractivity contribution in [1.29, 1.82) is 0 Å². The van der Waals surface area contributed by atoms with Crippen LogP contribution in [-0.2, 0) is 12.8 Å². The molecule has 24 heavy (non-hydrogen) atoms. The van der Waals surface area contributed by atoms with E-state index in [1.807, 2.05) is 54.6 Å². The average Bonchev–Trinajstić information content (AvgIpc) is 2.62. The van der Waals surface area contributed by atoms with Gasteiger partial charge in [-0.05, 0) is 36.1 Å². The second kappa shape index (κ2) is 9.57. The number of carbonyl (C=O) groups excluding carboxylic acids is 1. The molecule has 0 spiro atoms. The highest BCUT2D eigenvalue weighted by Crippen LogP contribution is 2.11. The Bertz CT molecular complexity index is 614. The number of amides is 2. The number of hydrogen-bond donors (Lipinski definition) is 3. The van der Waals surface area contributed by atoms with Crippen LogP contribution in [0.15, 0.2) is 54.6 Å². The third-order valence-electron chi connectivity index (χ3n) is 3.74. The van der Waals surface area contributed by atoms with Gasteiger partial charge < -0.3 is 20.5 Å². The van der Waals surface area contributed by atoms with E-state index in [1.165, 1.54) is 0 Å². The summed E-state index contributed by atoms with van der Waals surface area (Å²) in [5, 5.41) is 15.1. The smallest absolute Gasteiger partial charge is 0.315 e. The van der Waals surface area contributed by atoms with Gasteiger partial charge >= 0.3 is 6.03 Å². The predicted octanol–water partition coefficient (Wildman–Crippen LogP) is 2.14. The fraction of sp³-hybridized carbons (Fsp3) is 0.316. The van der Waals surface area contributed by atoms with E-state index in [0.29, 0.717) is 13.0 Å². The summed E-state index contributed by atoms with van der Waals surface area (Å²) in [7, 11) is 1.63. The number of hydrogen-bond acceptors (Lipinski definition) is 3. The molecule has 2 aromatic rings. The summed E-state index contributed by atoms with van der Waals surface area (Å²) in [5.41, 5.74) is 2.20. The van der Waals surface area contributed by atoms with Crippen molar-refractivity contribution in [2.45, 2.75) is 18.9 Å². The molecule has 2 aromatic carbocycles. The highest BCUT2D eigenvalue weighted by Gasteiger charge is 2.11. The number of methoxy groups -OCH3 is 1. The molecule has 0 saturated carbocycles. The maximum absolute atomic E-state index is 11.9. The second-order valence-electron chi connectivity index (χ2n) is 5.57. The molecule has 1 atom stereocenters. The zero-order chi connectivity index (χ0) is 17.2. The summed E-state index contributed by atoms with van der Waals surface area (Å²) in [5.74, 6) is 0.816. The lowest BCUT2D eigenvalue weighted by molar-refractivity contribution is 0.216. The van der Waals surface area contributed by atoms with E-state index in [9.17, 15) is 9.90 Å². The molecule has 1 unspecified atom stereocenters. The molecular formula is C19H24N2O3. The van der Waals surface area contributed by atoms with Gasteiger partial charge in [-0.1, -0.05) is 42.5 Å². The van der Waals surface area contributed by atoms with Crippen molar-refractivity contribution in [2.75, 3.05) is 20.3 Å². The van der Waals surface area contributed by atoms with E-state index in [2.05, 4.69) is 10.6 Å². The Hall–Kier alpha value is -2.53. The van der Waals surface area contributed by atoms with Gasteiger partial charge in [0, 0.05) is 6.54 Å². The SMILES string of the molecule is COc1ccc(CCNC(=O)NC(CO)Cc2ccccc2)cc1. The summed E-state index contributed by atoms with van der Waals surface area (Å²) in [6.07, 6.45) is 1.34. The summed E-state index contributed by atoms with van der Waals surface area (Å²) >= 11 is 0. The van der Waals surface area contributed by atoms with E-state index >= 15 is 0 Å². The molecule has 0 aliphatic carbocycles. The Morgan fingerprint density at radius 3 is 2.42 bits per heavy atom. The maximum atomic E-state index is 11.9. The number of carbonyl (C=O) groups is 1. The van der Waals surface area contributed by atoms with Crippen molar-refractivity contribution in [3.63, 3.8) is 0 Å². The molecule has 128 valence electrons. The zero-order valence-electron chi connectivity index (χ0n) is 13.9. The van der Waals surface area contributed by atoms with Crippen molar-refractivity contribution < 1.29 is 14.6 Å². The Morgan fingerprint density at radius 2 is 1.79 bits per heavy atom. The molecule has 0 aromatic heterocycles. The predicted molar refractivity (Wildman–Crippen MR) is 94.3 cm³/mol. The highest BCUT2D eigenvalue weighted by atomic mass is 16.5. The number of aliphatic hydroxyl groups is 1. The van der Waals surface area contributed by atoms with Crippen molar-refractivity contribution in [1.82, 2.24) is 10.6 Å². The molecule has 2 rings (SSSR count). The molecular weight excluding hydrogens is 304 g/mol. The van der Waals surface area contributed by atoms with Crippen LogP contribution in [0.25, 0.3) is 0 Å². The topological polar surface area (TPSA) is 70.6 Å². The number of aliphatic hydroxyl groups excluding tert-OH is 1. The quantitative estimate of drug-likeness (QED) is 0.695. The molecule has 0 saturated heterocycles. The van der Waals surface area contributed by atoms with Crippen LogP contribution in [0.2, 0.25) is 0 Å². The molecule has 3 N–H and O–H groups in total. The van der Waals surface area contributed by atoms with Gasteiger partial charge in [0.05, 0.1) is 19.8 Å². The van der Waals surface area contributed by atoms with Crippen LogP contribution in [0.5, 0.6) is 5.75 Å². The summed E-state index contributed by atoms with van der Waals surface area (Å²) in [6.45, 7) is 0.433. The number of nitrogens with one attached hydrogen (secondary N) is 2. The van der Waals surface area contributed by atoms with Gasteiger partial charge in [-0.25, -0.2) is 4.79 Å². The van der Waals surface area contributed by atoms with Gasteiger partial charge in [-0.15, -0.1) is 0 Å². The Morgan fingerprint density at radius 1 is 1.08 bits per heavy atom. The standard InChI is InChI=1S/C19H24N2O3/c1-24-18-9-7-15(8-10-18)11-12-20-19(23)21-17(14-22)13-16-5-3-2-4-6-16/h2-10,17,22H,11-14H2,1H3,(H2,20,21,23). The lowest BCUT2D eigenvalue weighted by Crippen LogP contribution is -2.45. The Kier molecular flexibility index (Phi) is 7.11. The van der Waals surface area contributed by atoms with Crippen molar-refractivity contribution in [2.24, 2.45) is 0 Å². The summed E-state index contributed by atoms with van der Waals surface area (Å²) in [4.78, 5) is 11.9. The van der Waals surface area contributed by atoms with Crippen LogP contribution < -0.4 is 15.4 Å². The van der Waals surface area contributed by atoms with Gasteiger partial charge in [-0.3, -0.25) is 0 Å². The summed E-state index contributed by atoms with van der Waals surface area (Å²) in [6, 6.07) is 17.0. The minimum Gasteiger partial charge on any atom is -0.497 e. The van der Waals surface area contributed by atoms with Crippen LogP contribution in [0, 0.1) is 0 Å². The first-order valence-electron chi connectivity index (χ1n) is 8.03. The van der Waals surface area contributed by atoms with E-state index in [-0.39, 0.29) is 18.7 Å². The van der Waals surface area contributed by atoms with Crippen molar-refractivity contribution in [3.8, 4) is 5.75 Å². The van der Waals surface area contributed by atoms with Crippen molar-refractivity contribution in [3.05, 3.63) is 65.7 Å². The molecule has 5 heteroatoms. The molecule has 0 aliphatic heterocycles. The molecule has 0 bridgehead atoms. The lowest BCUT2D eigenvalue weighted by Gasteiger charge is -2.17. The van der Waals surface area contributed by atoms with Crippen LogP contribution in [0.1, 0.15) is 11.1 Å². The van der Waals surface area contributed by atoms with E-state index < -0.39 is 0 Å². The van der Waals surface area contributed by atoms with Gasteiger partial charge in [-0.2, -0.15) is 0 Å². The van der Waals surface area contributed by atoms with E-state index in [1.54, 1.807) is 7.11 Å². The fourth-order valence-corrected chi connectivity index (χ4v) is 2.41. The van der Waals surface area contributed by atoms with E-state index in [0.717, 1.165) is 23.3 Å². The minimum atomic E-state index is -0.298.